The molecule has 7 heteroatoms. The third kappa shape index (κ3) is 4.36. The Morgan fingerprint density at radius 3 is 2.79 bits per heavy atom. The van der Waals surface area contributed by atoms with Gasteiger partial charge in [0.1, 0.15) is 18.2 Å². The summed E-state index contributed by atoms with van der Waals surface area (Å²) in [6.07, 6.45) is 1.42. The van der Waals surface area contributed by atoms with Crippen LogP contribution in [0, 0.1) is 12.7 Å². The van der Waals surface area contributed by atoms with Gasteiger partial charge in [0.15, 0.2) is 11.0 Å². The number of thioether (sulfide) groups is 1. The van der Waals surface area contributed by atoms with Crippen LogP contribution in [0.2, 0.25) is 0 Å². The standard InChI is InChI=1S/C21H22FN3O2S/c1-14-5-4-6-17(11-14)27-12-16(26)13-28-21-24-23-20(25(21)15-9-10-15)18-7-2-3-8-19(18)22/h2-8,11,15-16,26H,9-10,12-13H2,1H3. The molecule has 1 aliphatic rings. The minimum absolute atomic E-state index is 0.203. The van der Waals surface area contributed by atoms with Gasteiger partial charge >= 0.3 is 0 Å². The predicted octanol–water partition coefficient (Wildman–Crippen LogP) is 4.26. The molecular formula is C21H22FN3O2S. The van der Waals surface area contributed by atoms with E-state index in [9.17, 15) is 9.50 Å². The molecule has 4 rings (SSSR count). The molecule has 0 spiro atoms. The SMILES string of the molecule is Cc1cccc(OCC(O)CSc2nnc(-c3ccccc3F)n2C2CC2)c1. The molecule has 1 aromatic heterocycles. The first kappa shape index (κ1) is 19.0. The first-order valence-electron chi connectivity index (χ1n) is 9.32. The van der Waals surface area contributed by atoms with E-state index in [-0.39, 0.29) is 12.4 Å². The molecule has 5 nitrogen and oxygen atoms in total. The lowest BCUT2D eigenvalue weighted by Gasteiger charge is -2.13. The van der Waals surface area contributed by atoms with E-state index < -0.39 is 6.10 Å². The zero-order chi connectivity index (χ0) is 19.5. The second kappa shape index (κ2) is 8.32. The van der Waals surface area contributed by atoms with Crippen LogP contribution >= 0.6 is 11.8 Å². The Balaban J connectivity index is 1.42. The fourth-order valence-electron chi connectivity index (χ4n) is 2.98. The molecule has 1 saturated carbocycles. The van der Waals surface area contributed by atoms with E-state index in [1.54, 1.807) is 18.2 Å². The number of aromatic nitrogens is 3. The van der Waals surface area contributed by atoms with Gasteiger partial charge in [-0.2, -0.15) is 0 Å². The first-order chi connectivity index (χ1) is 13.6. The summed E-state index contributed by atoms with van der Waals surface area (Å²) in [6.45, 7) is 2.20. The molecule has 1 N–H and O–H groups in total. The zero-order valence-electron chi connectivity index (χ0n) is 15.6. The monoisotopic (exact) mass is 399 g/mol. The smallest absolute Gasteiger partial charge is 0.191 e. The number of aliphatic hydroxyl groups excluding tert-OH is 1. The van der Waals surface area contributed by atoms with E-state index >= 15 is 0 Å². The van der Waals surface area contributed by atoms with Crippen LogP contribution in [0.1, 0.15) is 24.4 Å². The van der Waals surface area contributed by atoms with Crippen LogP contribution in [0.15, 0.2) is 53.7 Å². The van der Waals surface area contributed by atoms with E-state index in [1.165, 1.54) is 17.8 Å². The van der Waals surface area contributed by atoms with Crippen LogP contribution in [0.5, 0.6) is 5.75 Å². The van der Waals surface area contributed by atoms with Crippen molar-refractivity contribution in [1.29, 1.82) is 0 Å². The van der Waals surface area contributed by atoms with Gasteiger partial charge in [0, 0.05) is 11.8 Å². The Morgan fingerprint density at radius 2 is 2.04 bits per heavy atom. The fraction of sp³-hybridized carbons (Fsp3) is 0.333. The normalized spacial score (nSPS) is 14.8. The van der Waals surface area contributed by atoms with E-state index in [1.807, 2.05) is 35.8 Å². The van der Waals surface area contributed by atoms with E-state index in [0.29, 0.717) is 28.3 Å². The van der Waals surface area contributed by atoms with Crippen molar-refractivity contribution in [3.05, 3.63) is 59.9 Å². The van der Waals surface area contributed by atoms with Crippen molar-refractivity contribution in [1.82, 2.24) is 14.8 Å². The number of rotatable bonds is 8. The Kier molecular flexibility index (Phi) is 5.64. The highest BCUT2D eigenvalue weighted by atomic mass is 32.2. The van der Waals surface area contributed by atoms with Gasteiger partial charge in [0.2, 0.25) is 0 Å². The molecule has 0 aliphatic heterocycles. The van der Waals surface area contributed by atoms with Crippen LogP contribution in [-0.4, -0.2) is 38.3 Å². The number of ether oxygens (including phenoxy) is 1. The third-order valence-electron chi connectivity index (χ3n) is 4.53. The lowest BCUT2D eigenvalue weighted by molar-refractivity contribution is 0.126. The van der Waals surface area contributed by atoms with Crippen LogP contribution < -0.4 is 4.74 Å². The lowest BCUT2D eigenvalue weighted by Crippen LogP contribution is -2.20. The maximum Gasteiger partial charge on any atom is 0.191 e. The molecule has 28 heavy (non-hydrogen) atoms. The molecule has 146 valence electrons. The average Bonchev–Trinajstić information content (AvgIpc) is 3.44. The molecule has 1 unspecified atom stereocenters. The van der Waals surface area contributed by atoms with Crippen molar-refractivity contribution in [2.75, 3.05) is 12.4 Å². The summed E-state index contributed by atoms with van der Waals surface area (Å²) >= 11 is 1.42. The van der Waals surface area contributed by atoms with Crippen molar-refractivity contribution >= 4 is 11.8 Å². The maximum atomic E-state index is 14.2. The van der Waals surface area contributed by atoms with Crippen LogP contribution in [0.25, 0.3) is 11.4 Å². The number of aliphatic hydroxyl groups is 1. The van der Waals surface area contributed by atoms with Crippen LogP contribution in [0.4, 0.5) is 4.39 Å². The lowest BCUT2D eigenvalue weighted by atomic mass is 10.2. The number of nitrogens with zero attached hydrogens (tertiary/aromatic N) is 3. The molecule has 1 atom stereocenters. The van der Waals surface area contributed by atoms with Gasteiger partial charge in [-0.15, -0.1) is 10.2 Å². The van der Waals surface area contributed by atoms with Crippen molar-refractivity contribution in [2.45, 2.75) is 37.1 Å². The van der Waals surface area contributed by atoms with Gasteiger partial charge < -0.3 is 9.84 Å². The molecule has 2 aromatic carbocycles. The first-order valence-corrected chi connectivity index (χ1v) is 10.3. The predicted molar refractivity (Wildman–Crippen MR) is 107 cm³/mol. The second-order valence-electron chi connectivity index (χ2n) is 6.98. The molecule has 3 aromatic rings. The molecule has 1 fully saturated rings. The van der Waals surface area contributed by atoms with Gasteiger partial charge in [0.05, 0.1) is 11.7 Å². The minimum atomic E-state index is -0.647. The molecule has 1 aliphatic carbocycles. The summed E-state index contributed by atoms with van der Waals surface area (Å²) in [5, 5.41) is 19.5. The van der Waals surface area contributed by atoms with Crippen LogP contribution in [0.3, 0.4) is 0 Å². The Labute approximate surface area is 167 Å². The minimum Gasteiger partial charge on any atom is -0.491 e. The van der Waals surface area contributed by atoms with Crippen molar-refractivity contribution < 1.29 is 14.2 Å². The van der Waals surface area contributed by atoms with E-state index in [2.05, 4.69) is 10.2 Å². The zero-order valence-corrected chi connectivity index (χ0v) is 16.4. The molecule has 1 heterocycles. The topological polar surface area (TPSA) is 60.2 Å². The fourth-order valence-corrected chi connectivity index (χ4v) is 3.89. The quantitative estimate of drug-likeness (QED) is 0.574. The summed E-state index contributed by atoms with van der Waals surface area (Å²) in [4.78, 5) is 0. The second-order valence-corrected chi connectivity index (χ2v) is 7.97. The van der Waals surface area contributed by atoms with Gasteiger partial charge in [-0.25, -0.2) is 4.39 Å². The van der Waals surface area contributed by atoms with Crippen molar-refractivity contribution in [2.24, 2.45) is 0 Å². The number of aryl methyl sites for hydroxylation is 1. The maximum absolute atomic E-state index is 14.2. The average molecular weight is 399 g/mol. The van der Waals surface area contributed by atoms with Crippen molar-refractivity contribution in [3.63, 3.8) is 0 Å². The Morgan fingerprint density at radius 1 is 1.21 bits per heavy atom. The summed E-state index contributed by atoms with van der Waals surface area (Å²) in [5.41, 5.74) is 1.57. The van der Waals surface area contributed by atoms with E-state index in [4.69, 9.17) is 4.74 Å². The number of hydrogen-bond acceptors (Lipinski definition) is 5. The van der Waals surface area contributed by atoms with Gasteiger partial charge in [-0.1, -0.05) is 36.0 Å². The highest BCUT2D eigenvalue weighted by Crippen LogP contribution is 2.41. The summed E-state index contributed by atoms with van der Waals surface area (Å²) in [6, 6.07) is 14.6. The van der Waals surface area contributed by atoms with Crippen molar-refractivity contribution in [3.8, 4) is 17.1 Å². The van der Waals surface area contributed by atoms with Gasteiger partial charge in [-0.3, -0.25) is 4.57 Å². The summed E-state index contributed by atoms with van der Waals surface area (Å²) in [5.74, 6) is 1.41. The summed E-state index contributed by atoms with van der Waals surface area (Å²) < 4.78 is 21.9. The molecule has 0 radical (unpaired) electrons. The summed E-state index contributed by atoms with van der Waals surface area (Å²) in [7, 11) is 0. The largest absolute Gasteiger partial charge is 0.491 e. The highest BCUT2D eigenvalue weighted by Gasteiger charge is 2.31. The number of benzene rings is 2. The van der Waals surface area contributed by atoms with Gasteiger partial charge in [0.25, 0.3) is 0 Å². The number of hydrogen-bond donors (Lipinski definition) is 1. The highest BCUT2D eigenvalue weighted by molar-refractivity contribution is 7.99. The molecule has 0 saturated heterocycles. The van der Waals surface area contributed by atoms with Gasteiger partial charge in [-0.05, 0) is 49.6 Å². The van der Waals surface area contributed by atoms with E-state index in [0.717, 1.165) is 24.2 Å². The molecule has 0 amide bonds. The number of halogens is 1. The molecule has 0 bridgehead atoms. The van der Waals surface area contributed by atoms with Crippen LogP contribution in [-0.2, 0) is 0 Å². The molecular weight excluding hydrogens is 377 g/mol. The Bertz CT molecular complexity index is 958. The third-order valence-corrected chi connectivity index (χ3v) is 5.62. The Hall–Kier alpha value is -2.38.